The fraction of sp³-hybridized carbons (Fsp3) is 0.486. The zero-order valence-electron chi connectivity index (χ0n) is 26.2. The molecule has 2 aliphatic carbocycles. The van der Waals surface area contributed by atoms with Gasteiger partial charge in [-0.1, -0.05) is 26.8 Å². The number of fused-ring (bicyclic) bond motifs is 1. The largest absolute Gasteiger partial charge is 0.493 e. The van der Waals surface area contributed by atoms with Crippen LogP contribution in [-0.4, -0.2) is 61.0 Å². The second-order valence-corrected chi connectivity index (χ2v) is 12.4. The van der Waals surface area contributed by atoms with Crippen molar-refractivity contribution in [3.63, 3.8) is 0 Å². The number of carbonyl (C=O) groups excluding carboxylic acids is 1. The van der Waals surface area contributed by atoms with E-state index in [0.29, 0.717) is 42.3 Å². The molecule has 10 heteroatoms. The number of aliphatic carboxylic acids is 1. The van der Waals surface area contributed by atoms with E-state index in [4.69, 9.17) is 18.9 Å². The molecule has 2 unspecified atom stereocenters. The maximum atomic E-state index is 14.3. The summed E-state index contributed by atoms with van der Waals surface area (Å²) < 4.78 is 37.2. The molecular weight excluding hydrogens is 579 g/mol. The van der Waals surface area contributed by atoms with Gasteiger partial charge in [0, 0.05) is 24.2 Å². The van der Waals surface area contributed by atoms with Gasteiger partial charge in [0.2, 0.25) is 18.4 Å². The van der Waals surface area contributed by atoms with E-state index in [-0.39, 0.29) is 43.0 Å². The third kappa shape index (κ3) is 6.25. The Morgan fingerprint density at radius 3 is 2.47 bits per heavy atom. The lowest BCUT2D eigenvalue weighted by molar-refractivity contribution is -0.144. The van der Waals surface area contributed by atoms with Gasteiger partial charge in [0.05, 0.1) is 25.7 Å². The van der Waals surface area contributed by atoms with E-state index in [1.807, 2.05) is 43.0 Å². The van der Waals surface area contributed by atoms with Crippen molar-refractivity contribution >= 4 is 17.6 Å². The highest BCUT2D eigenvalue weighted by atomic mass is 19.1. The smallest absolute Gasteiger partial charge is 0.308 e. The van der Waals surface area contributed by atoms with Gasteiger partial charge in [0.15, 0.2) is 11.5 Å². The first kappa shape index (κ1) is 31.0. The molecule has 0 spiro atoms. The van der Waals surface area contributed by atoms with Crippen LogP contribution in [0.4, 0.5) is 10.1 Å². The summed E-state index contributed by atoms with van der Waals surface area (Å²) >= 11 is 0. The molecule has 1 saturated heterocycles. The molecule has 240 valence electrons. The molecule has 5 atom stereocenters. The maximum absolute atomic E-state index is 14.3. The molecule has 4 aliphatic rings. The molecule has 2 fully saturated rings. The number of methoxy groups -OCH3 is 1. The third-order valence-corrected chi connectivity index (χ3v) is 9.43. The molecule has 2 N–H and O–H groups in total. The number of halogens is 1. The van der Waals surface area contributed by atoms with E-state index < -0.39 is 23.8 Å². The van der Waals surface area contributed by atoms with Crippen molar-refractivity contribution in [1.82, 2.24) is 4.90 Å². The highest BCUT2D eigenvalue weighted by Gasteiger charge is 2.51. The molecule has 2 aromatic carbocycles. The molecular formula is C35H41FN2O7. The Morgan fingerprint density at radius 2 is 1.84 bits per heavy atom. The summed E-state index contributed by atoms with van der Waals surface area (Å²) in [4.78, 5) is 28.9. The number of carboxylic acid groups (broad SMARTS) is 1. The average molecular weight is 621 g/mol. The molecule has 1 amide bonds. The van der Waals surface area contributed by atoms with Gasteiger partial charge in [-0.3, -0.25) is 14.5 Å². The zero-order valence-corrected chi connectivity index (χ0v) is 26.2. The number of nitrogens with zero attached hydrogens (tertiary/aromatic N) is 1. The van der Waals surface area contributed by atoms with Crippen molar-refractivity contribution in [2.24, 2.45) is 17.8 Å². The average Bonchev–Trinajstić information content (AvgIpc) is 3.56. The van der Waals surface area contributed by atoms with Crippen molar-refractivity contribution in [3.05, 3.63) is 70.8 Å². The summed E-state index contributed by atoms with van der Waals surface area (Å²) in [7, 11) is 1.54. The Kier molecular flexibility index (Phi) is 8.77. The molecule has 2 aromatic rings. The van der Waals surface area contributed by atoms with E-state index in [2.05, 4.69) is 18.3 Å². The number of amides is 1. The second-order valence-electron chi connectivity index (χ2n) is 12.4. The Labute approximate surface area is 263 Å². The highest BCUT2D eigenvalue weighted by Crippen LogP contribution is 2.49. The molecule has 0 radical (unpaired) electrons. The van der Waals surface area contributed by atoms with Crippen LogP contribution >= 0.6 is 0 Å². The van der Waals surface area contributed by atoms with Crippen LogP contribution in [0.3, 0.4) is 0 Å². The zero-order chi connectivity index (χ0) is 31.8. The van der Waals surface area contributed by atoms with Crippen LogP contribution in [0.15, 0.2) is 48.3 Å². The van der Waals surface area contributed by atoms with Gasteiger partial charge in [0.1, 0.15) is 11.6 Å². The SMILES string of the molecule is CCc1cc(F)cc(CC)c1NC(=O)CN1C[C@H](c2cc(OC)c3c(c2)OCO3)[C@@H](C(=O)O)[C@@H]1C1C=CC(OC2CC2)=CC1C. The summed E-state index contributed by atoms with van der Waals surface area (Å²) in [5.41, 5.74) is 2.83. The number of rotatable bonds is 11. The molecule has 2 heterocycles. The van der Waals surface area contributed by atoms with Crippen LogP contribution < -0.4 is 19.5 Å². The van der Waals surface area contributed by atoms with Crippen LogP contribution in [0.5, 0.6) is 17.2 Å². The Balaban J connectivity index is 1.34. The van der Waals surface area contributed by atoms with Crippen LogP contribution in [0.25, 0.3) is 0 Å². The van der Waals surface area contributed by atoms with E-state index in [9.17, 15) is 19.1 Å². The fourth-order valence-electron chi connectivity index (χ4n) is 7.10. The van der Waals surface area contributed by atoms with Gasteiger partial charge < -0.3 is 29.4 Å². The summed E-state index contributed by atoms with van der Waals surface area (Å²) in [6, 6.07) is 6.06. The van der Waals surface area contributed by atoms with Gasteiger partial charge in [0.25, 0.3) is 0 Å². The third-order valence-electron chi connectivity index (χ3n) is 9.43. The number of carboxylic acids is 1. The van der Waals surface area contributed by atoms with Gasteiger partial charge in [-0.25, -0.2) is 4.39 Å². The highest BCUT2D eigenvalue weighted by molar-refractivity contribution is 5.94. The summed E-state index contributed by atoms with van der Waals surface area (Å²) in [6.45, 7) is 6.28. The van der Waals surface area contributed by atoms with Crippen molar-refractivity contribution in [1.29, 1.82) is 0 Å². The van der Waals surface area contributed by atoms with Crippen LogP contribution in [-0.2, 0) is 27.2 Å². The number of ether oxygens (including phenoxy) is 4. The number of nitrogens with one attached hydrogen (secondary N) is 1. The minimum absolute atomic E-state index is 0.0253. The van der Waals surface area contributed by atoms with Crippen molar-refractivity contribution < 1.29 is 38.0 Å². The topological polar surface area (TPSA) is 107 Å². The Hall–Kier alpha value is -4.05. The van der Waals surface area contributed by atoms with E-state index in [1.165, 1.54) is 19.2 Å². The number of hydrogen-bond donors (Lipinski definition) is 2. The first-order valence-corrected chi connectivity index (χ1v) is 15.8. The Morgan fingerprint density at radius 1 is 1.11 bits per heavy atom. The summed E-state index contributed by atoms with van der Waals surface area (Å²) in [5.74, 6) is -0.755. The van der Waals surface area contributed by atoms with Gasteiger partial charge in [-0.2, -0.15) is 0 Å². The quantitative estimate of drug-likeness (QED) is 0.331. The lowest BCUT2D eigenvalue weighted by atomic mass is 9.75. The Bertz CT molecular complexity index is 1510. The number of aryl methyl sites for hydroxylation is 2. The maximum Gasteiger partial charge on any atom is 0.308 e. The second kappa shape index (κ2) is 12.7. The molecule has 1 saturated carbocycles. The van der Waals surface area contributed by atoms with Crippen molar-refractivity contribution in [2.45, 2.75) is 64.5 Å². The lowest BCUT2D eigenvalue weighted by Gasteiger charge is -2.36. The van der Waals surface area contributed by atoms with Gasteiger partial charge in [-0.15, -0.1) is 0 Å². The van der Waals surface area contributed by atoms with Crippen LogP contribution in [0.1, 0.15) is 56.2 Å². The fourth-order valence-corrected chi connectivity index (χ4v) is 7.10. The number of carbonyl (C=O) groups is 2. The summed E-state index contributed by atoms with van der Waals surface area (Å²) in [6.07, 6.45) is 9.51. The predicted molar refractivity (Wildman–Crippen MR) is 166 cm³/mol. The normalized spacial score (nSPS) is 25.6. The predicted octanol–water partition coefficient (Wildman–Crippen LogP) is 5.68. The molecule has 0 bridgehead atoms. The van der Waals surface area contributed by atoms with Crippen LogP contribution in [0, 0.1) is 23.6 Å². The minimum atomic E-state index is -0.936. The van der Waals surface area contributed by atoms with Gasteiger partial charge >= 0.3 is 5.97 Å². The van der Waals surface area contributed by atoms with Crippen molar-refractivity contribution in [2.75, 3.05) is 32.3 Å². The lowest BCUT2D eigenvalue weighted by Crippen LogP contribution is -2.46. The van der Waals surface area contributed by atoms with E-state index in [1.54, 1.807) is 0 Å². The van der Waals surface area contributed by atoms with Gasteiger partial charge in [-0.05, 0) is 90.6 Å². The molecule has 0 aromatic heterocycles. The number of allylic oxidation sites excluding steroid dienone is 2. The molecule has 9 nitrogen and oxygen atoms in total. The minimum Gasteiger partial charge on any atom is -0.493 e. The van der Waals surface area contributed by atoms with Crippen molar-refractivity contribution in [3.8, 4) is 17.2 Å². The number of likely N-dealkylation sites (tertiary alicyclic amines) is 1. The molecule has 2 aliphatic heterocycles. The number of benzene rings is 2. The monoisotopic (exact) mass is 620 g/mol. The summed E-state index contributed by atoms with van der Waals surface area (Å²) in [5, 5.41) is 13.8. The number of anilines is 1. The standard InChI is InChI=1S/C35H41FN2O7/c1-5-20-12-23(36)13-21(6-2)32(20)37-30(39)17-38-16-27(22-14-28(42-4)34-29(15-22)43-18-44-34)31(35(40)41)33(38)26-10-9-25(11-19(26)3)45-24-7-8-24/h9-15,19,24,26-27,31,33H,5-8,16-18H2,1-4H3,(H,37,39)(H,40,41)/t19?,26?,27-,31-,33+/m1/s1. The van der Waals surface area contributed by atoms with E-state index >= 15 is 0 Å². The first-order chi connectivity index (χ1) is 21.7. The van der Waals surface area contributed by atoms with E-state index in [0.717, 1.165) is 35.3 Å². The number of hydrogen-bond acceptors (Lipinski definition) is 7. The molecule has 45 heavy (non-hydrogen) atoms. The first-order valence-electron chi connectivity index (χ1n) is 15.8. The molecule has 6 rings (SSSR count). The van der Waals surface area contributed by atoms with Crippen LogP contribution in [0.2, 0.25) is 0 Å².